The zero-order valence-electron chi connectivity index (χ0n) is 18.8. The number of amides is 1. The summed E-state index contributed by atoms with van der Waals surface area (Å²) < 4.78 is 0. The third-order valence-corrected chi connectivity index (χ3v) is 6.31. The molecule has 2 N–H and O–H groups in total. The van der Waals surface area contributed by atoms with Crippen LogP contribution in [0.25, 0.3) is 0 Å². The fraction of sp³-hybridized carbons (Fsp3) is 0.522. The van der Waals surface area contributed by atoms with E-state index in [1.165, 1.54) is 19.3 Å². The molecule has 1 aliphatic carbocycles. The first kappa shape index (κ1) is 27.9. The van der Waals surface area contributed by atoms with Gasteiger partial charge in [0.25, 0.3) is 0 Å². The van der Waals surface area contributed by atoms with E-state index in [4.69, 9.17) is 33.4 Å². The van der Waals surface area contributed by atoms with E-state index in [2.05, 4.69) is 18.7 Å². The maximum atomic E-state index is 12.8. The Balaban J connectivity index is 0.000000547. The first-order chi connectivity index (χ1) is 15.1. The molecule has 1 amide bonds. The van der Waals surface area contributed by atoms with Gasteiger partial charge in [0.15, 0.2) is 0 Å². The summed E-state index contributed by atoms with van der Waals surface area (Å²) in [6.45, 7) is 6.47. The number of carbonyl (C=O) groups is 3. The monoisotopic (exact) mass is 486 g/mol. The van der Waals surface area contributed by atoms with Crippen LogP contribution in [0, 0.1) is 0 Å². The van der Waals surface area contributed by atoms with Crippen molar-refractivity contribution in [2.45, 2.75) is 58.0 Å². The lowest BCUT2D eigenvalue weighted by Gasteiger charge is -2.43. The Labute approximate surface area is 199 Å². The Kier molecular flexibility index (Phi) is 12.3. The standard InChI is InChI=1S/C19H28Cl2N2O.C4H4O4/c1-4-23(5-2)18-9-7-6-8-17(18)22(3)19(24)13-14-10-11-15(20)16(21)12-14;5-3(6)1-2-4(7)8/h10-12,17-18H,4-9,13H2,1-3H3;1-2H,(H,5,6)(H,7,8). The molecule has 1 aromatic carbocycles. The van der Waals surface area contributed by atoms with Crippen LogP contribution >= 0.6 is 23.2 Å². The number of carboxylic acid groups (broad SMARTS) is 2. The van der Waals surface area contributed by atoms with Gasteiger partial charge in [-0.1, -0.05) is 56.0 Å². The van der Waals surface area contributed by atoms with Gasteiger partial charge in [-0.2, -0.15) is 0 Å². The van der Waals surface area contributed by atoms with Gasteiger partial charge in [-0.25, -0.2) is 9.59 Å². The average Bonchev–Trinajstić information content (AvgIpc) is 2.76. The number of halogens is 2. The molecule has 1 aromatic rings. The Hall–Kier alpha value is -2.09. The van der Waals surface area contributed by atoms with Crippen LogP contribution in [-0.2, 0) is 20.8 Å². The third-order valence-electron chi connectivity index (χ3n) is 5.57. The number of carbonyl (C=O) groups excluding carboxylic acids is 1. The fourth-order valence-corrected chi connectivity index (χ4v) is 4.26. The molecule has 2 atom stereocenters. The van der Waals surface area contributed by atoms with Gasteiger partial charge in [-0.05, 0) is 43.6 Å². The minimum absolute atomic E-state index is 0.150. The number of rotatable bonds is 8. The maximum Gasteiger partial charge on any atom is 0.328 e. The molecule has 32 heavy (non-hydrogen) atoms. The smallest absolute Gasteiger partial charge is 0.328 e. The second-order valence-corrected chi connectivity index (χ2v) is 8.39. The highest BCUT2D eigenvalue weighted by atomic mass is 35.5. The summed E-state index contributed by atoms with van der Waals surface area (Å²) in [6, 6.07) is 6.19. The second-order valence-electron chi connectivity index (χ2n) is 7.58. The van der Waals surface area contributed by atoms with Crippen LogP contribution in [-0.4, -0.2) is 70.1 Å². The number of likely N-dealkylation sites (N-methyl/N-ethyl adjacent to an activating group) is 2. The van der Waals surface area contributed by atoms with Crippen LogP contribution in [0.3, 0.4) is 0 Å². The minimum Gasteiger partial charge on any atom is -0.478 e. The van der Waals surface area contributed by atoms with Crippen molar-refractivity contribution >= 4 is 41.0 Å². The van der Waals surface area contributed by atoms with Crippen molar-refractivity contribution in [2.24, 2.45) is 0 Å². The summed E-state index contributed by atoms with van der Waals surface area (Å²) in [5, 5.41) is 16.7. The van der Waals surface area contributed by atoms with Gasteiger partial charge >= 0.3 is 11.9 Å². The van der Waals surface area contributed by atoms with Gasteiger partial charge < -0.3 is 15.1 Å². The van der Waals surface area contributed by atoms with E-state index in [9.17, 15) is 14.4 Å². The van der Waals surface area contributed by atoms with Crippen LogP contribution in [0.5, 0.6) is 0 Å². The summed E-state index contributed by atoms with van der Waals surface area (Å²) >= 11 is 12.0. The molecule has 1 fully saturated rings. The number of nitrogens with zero attached hydrogens (tertiary/aromatic N) is 2. The number of benzene rings is 1. The minimum atomic E-state index is -1.26. The Morgan fingerprint density at radius 2 is 1.50 bits per heavy atom. The third kappa shape index (κ3) is 9.18. The zero-order chi connectivity index (χ0) is 24.3. The first-order valence-corrected chi connectivity index (χ1v) is 11.4. The first-order valence-electron chi connectivity index (χ1n) is 10.7. The second kappa shape index (κ2) is 14.1. The lowest BCUT2D eigenvalue weighted by Crippen LogP contribution is -2.54. The SMILES string of the molecule is CCN(CC)C1CCCCC1N(C)C(=O)Cc1ccc(Cl)c(Cl)c1.O=C(O)C=CC(=O)O. The quantitative estimate of drug-likeness (QED) is 0.529. The normalized spacial score (nSPS) is 18.2. The van der Waals surface area contributed by atoms with Gasteiger partial charge in [0.1, 0.15) is 0 Å². The van der Waals surface area contributed by atoms with Crippen molar-refractivity contribution < 1.29 is 24.6 Å². The Morgan fingerprint density at radius 3 is 1.97 bits per heavy atom. The van der Waals surface area contributed by atoms with E-state index < -0.39 is 11.9 Å². The van der Waals surface area contributed by atoms with E-state index in [-0.39, 0.29) is 5.91 Å². The van der Waals surface area contributed by atoms with Gasteiger partial charge in [-0.15, -0.1) is 0 Å². The molecular weight excluding hydrogens is 455 g/mol. The molecule has 0 aromatic heterocycles. The summed E-state index contributed by atoms with van der Waals surface area (Å²) in [6.07, 6.45) is 6.21. The highest BCUT2D eigenvalue weighted by molar-refractivity contribution is 6.42. The van der Waals surface area contributed by atoms with Crippen LogP contribution in [0.4, 0.5) is 0 Å². The van der Waals surface area contributed by atoms with E-state index in [0.29, 0.717) is 40.7 Å². The summed E-state index contributed by atoms with van der Waals surface area (Å²) in [5.74, 6) is -2.36. The van der Waals surface area contributed by atoms with Gasteiger partial charge in [0, 0.05) is 31.3 Å². The molecular formula is C23H32Cl2N2O5. The van der Waals surface area contributed by atoms with Crippen LogP contribution in [0.15, 0.2) is 30.4 Å². The van der Waals surface area contributed by atoms with Crippen molar-refractivity contribution in [3.63, 3.8) is 0 Å². The number of carboxylic acids is 2. The zero-order valence-corrected chi connectivity index (χ0v) is 20.3. The molecule has 2 rings (SSSR count). The van der Waals surface area contributed by atoms with E-state index in [0.717, 1.165) is 25.1 Å². The lowest BCUT2D eigenvalue weighted by atomic mass is 9.88. The van der Waals surface area contributed by atoms with Crippen molar-refractivity contribution in [1.82, 2.24) is 9.80 Å². The van der Waals surface area contributed by atoms with Gasteiger partial charge in [-0.3, -0.25) is 9.69 Å². The Morgan fingerprint density at radius 1 is 0.969 bits per heavy atom. The summed E-state index contributed by atoms with van der Waals surface area (Å²) in [7, 11) is 1.95. The molecule has 0 saturated heterocycles. The van der Waals surface area contributed by atoms with Crippen molar-refractivity contribution in [3.05, 3.63) is 46.0 Å². The van der Waals surface area contributed by atoms with Crippen LogP contribution in [0.1, 0.15) is 45.1 Å². The predicted octanol–water partition coefficient (Wildman–Crippen LogP) is 4.36. The topological polar surface area (TPSA) is 98.2 Å². The molecule has 7 nitrogen and oxygen atoms in total. The van der Waals surface area contributed by atoms with Crippen molar-refractivity contribution in [1.29, 1.82) is 0 Å². The molecule has 1 saturated carbocycles. The average molecular weight is 487 g/mol. The van der Waals surface area contributed by atoms with Crippen LogP contribution < -0.4 is 0 Å². The van der Waals surface area contributed by atoms with E-state index in [1.54, 1.807) is 12.1 Å². The number of hydrogen-bond donors (Lipinski definition) is 2. The molecule has 0 spiro atoms. The molecule has 178 valence electrons. The summed E-state index contributed by atoms with van der Waals surface area (Å²) in [4.78, 5) is 36.3. The van der Waals surface area contributed by atoms with Crippen molar-refractivity contribution in [3.8, 4) is 0 Å². The fourth-order valence-electron chi connectivity index (χ4n) is 3.94. The van der Waals surface area contributed by atoms with E-state index in [1.807, 2.05) is 18.0 Å². The molecule has 1 aliphatic rings. The molecule has 0 heterocycles. The van der Waals surface area contributed by atoms with Gasteiger partial charge in [0.05, 0.1) is 16.5 Å². The number of hydrogen-bond acceptors (Lipinski definition) is 4. The lowest BCUT2D eigenvalue weighted by molar-refractivity contribution is -0.134. The van der Waals surface area contributed by atoms with Gasteiger partial charge in [0.2, 0.25) is 5.91 Å². The van der Waals surface area contributed by atoms with Crippen molar-refractivity contribution in [2.75, 3.05) is 20.1 Å². The molecule has 0 bridgehead atoms. The number of aliphatic carboxylic acids is 2. The highest BCUT2D eigenvalue weighted by Crippen LogP contribution is 2.28. The molecule has 2 unspecified atom stereocenters. The Bertz CT molecular complexity index is 796. The molecule has 0 aliphatic heterocycles. The largest absolute Gasteiger partial charge is 0.478 e. The van der Waals surface area contributed by atoms with Crippen LogP contribution in [0.2, 0.25) is 10.0 Å². The maximum absolute atomic E-state index is 12.8. The highest BCUT2D eigenvalue weighted by Gasteiger charge is 2.33. The summed E-state index contributed by atoms with van der Waals surface area (Å²) in [5.41, 5.74) is 0.913. The predicted molar refractivity (Wildman–Crippen MR) is 126 cm³/mol. The van der Waals surface area contributed by atoms with E-state index >= 15 is 0 Å². The molecule has 9 heteroatoms. The molecule has 0 radical (unpaired) electrons.